The maximum absolute atomic E-state index is 13.7. The van der Waals surface area contributed by atoms with Gasteiger partial charge in [-0.2, -0.15) is 0 Å². The summed E-state index contributed by atoms with van der Waals surface area (Å²) in [5.74, 6) is 5.79. The van der Waals surface area contributed by atoms with Crippen molar-refractivity contribution in [3.05, 3.63) is 64.8 Å². The molecule has 104 valence electrons. The number of aromatic nitrogens is 2. The van der Waals surface area contributed by atoms with Crippen molar-refractivity contribution < 1.29 is 4.39 Å². The van der Waals surface area contributed by atoms with Gasteiger partial charge in [0.2, 0.25) is 0 Å². The molecule has 21 heavy (non-hydrogen) atoms. The largest absolute Gasteiger partial charge is 0.357 e. The molecule has 3 rings (SSSR count). The summed E-state index contributed by atoms with van der Waals surface area (Å²) in [6.45, 7) is 0. The van der Waals surface area contributed by atoms with E-state index in [2.05, 4.69) is 21.8 Å². The Kier molecular flexibility index (Phi) is 3.89. The van der Waals surface area contributed by atoms with Crippen LogP contribution in [0, 0.1) is 17.7 Å². The van der Waals surface area contributed by atoms with E-state index in [1.165, 1.54) is 6.07 Å². The number of hydrogen-bond donors (Lipinski definition) is 1. The Bertz CT molecular complexity index is 789. The number of nitrogens with one attached hydrogen (secondary N) is 1. The van der Waals surface area contributed by atoms with Crippen molar-refractivity contribution in [2.45, 2.75) is 12.8 Å². The summed E-state index contributed by atoms with van der Waals surface area (Å²) >= 11 is 6.05. The van der Waals surface area contributed by atoms with Crippen LogP contribution in [-0.4, -0.2) is 9.97 Å². The average Bonchev–Trinajstić information content (AvgIpc) is 2.94. The van der Waals surface area contributed by atoms with Crippen LogP contribution in [0.4, 0.5) is 4.39 Å². The van der Waals surface area contributed by atoms with Crippen LogP contribution in [0.2, 0.25) is 5.02 Å². The Hall–Kier alpha value is -2.31. The van der Waals surface area contributed by atoms with Gasteiger partial charge in [0.1, 0.15) is 11.5 Å². The number of aryl methyl sites for hydroxylation is 1. The number of hydrogen-bond acceptors (Lipinski definition) is 1. The first-order valence-electron chi connectivity index (χ1n) is 6.59. The van der Waals surface area contributed by atoms with Crippen molar-refractivity contribution in [1.82, 2.24) is 9.97 Å². The third-order valence-electron chi connectivity index (χ3n) is 3.15. The zero-order valence-electron chi connectivity index (χ0n) is 11.2. The molecule has 0 bridgehead atoms. The van der Waals surface area contributed by atoms with Gasteiger partial charge in [-0.15, -0.1) is 0 Å². The molecular weight excluding hydrogens is 287 g/mol. The van der Waals surface area contributed by atoms with Crippen LogP contribution in [-0.2, 0) is 6.42 Å². The number of benzene rings is 1. The summed E-state index contributed by atoms with van der Waals surface area (Å²) in [4.78, 5) is 7.28. The molecular formula is C17H12ClFN2. The quantitative estimate of drug-likeness (QED) is 0.701. The van der Waals surface area contributed by atoms with Gasteiger partial charge in [-0.1, -0.05) is 23.6 Å². The van der Waals surface area contributed by atoms with Crippen LogP contribution in [0.15, 0.2) is 42.6 Å². The maximum atomic E-state index is 13.7. The SMILES string of the molecule is Fc1ccc(Cl)c2[nH]c(CCC#Cc3ccccn3)cc12. The van der Waals surface area contributed by atoms with Gasteiger partial charge in [-0.3, -0.25) is 0 Å². The summed E-state index contributed by atoms with van der Waals surface area (Å²) in [5, 5.41) is 1.05. The van der Waals surface area contributed by atoms with E-state index in [4.69, 9.17) is 11.6 Å². The molecule has 0 saturated carbocycles. The molecule has 3 aromatic rings. The van der Waals surface area contributed by atoms with Crippen molar-refractivity contribution in [2.24, 2.45) is 0 Å². The molecule has 2 nitrogen and oxygen atoms in total. The fourth-order valence-electron chi connectivity index (χ4n) is 2.13. The number of nitrogens with zero attached hydrogens (tertiary/aromatic N) is 1. The fourth-order valence-corrected chi connectivity index (χ4v) is 2.34. The van der Waals surface area contributed by atoms with Crippen molar-refractivity contribution in [3.63, 3.8) is 0 Å². The molecule has 0 atom stereocenters. The van der Waals surface area contributed by atoms with Gasteiger partial charge in [0, 0.05) is 23.7 Å². The molecule has 0 amide bonds. The molecule has 0 fully saturated rings. The van der Waals surface area contributed by atoms with Crippen LogP contribution in [0.5, 0.6) is 0 Å². The molecule has 0 aliphatic carbocycles. The van der Waals surface area contributed by atoms with Gasteiger partial charge < -0.3 is 4.98 Å². The Balaban J connectivity index is 1.73. The Morgan fingerprint density at radius 1 is 1.24 bits per heavy atom. The summed E-state index contributed by atoms with van der Waals surface area (Å²) < 4.78 is 13.7. The van der Waals surface area contributed by atoms with Gasteiger partial charge in [0.25, 0.3) is 0 Å². The Morgan fingerprint density at radius 3 is 2.90 bits per heavy atom. The number of pyridine rings is 1. The number of fused-ring (bicyclic) bond motifs is 1. The fraction of sp³-hybridized carbons (Fsp3) is 0.118. The van der Waals surface area contributed by atoms with Gasteiger partial charge >= 0.3 is 0 Å². The number of rotatable bonds is 2. The average molecular weight is 299 g/mol. The topological polar surface area (TPSA) is 28.7 Å². The molecule has 0 unspecified atom stereocenters. The number of aromatic amines is 1. The van der Waals surface area contributed by atoms with E-state index in [-0.39, 0.29) is 5.82 Å². The van der Waals surface area contributed by atoms with E-state index in [1.54, 1.807) is 18.3 Å². The minimum atomic E-state index is -0.267. The monoisotopic (exact) mass is 298 g/mol. The molecule has 0 aliphatic heterocycles. The Labute approximate surface area is 127 Å². The maximum Gasteiger partial charge on any atom is 0.132 e. The van der Waals surface area contributed by atoms with Crippen molar-refractivity contribution >= 4 is 22.5 Å². The lowest BCUT2D eigenvalue weighted by atomic mass is 10.2. The van der Waals surface area contributed by atoms with Crippen LogP contribution < -0.4 is 0 Å². The van der Waals surface area contributed by atoms with Crippen molar-refractivity contribution in [1.29, 1.82) is 0 Å². The Morgan fingerprint density at radius 2 is 2.14 bits per heavy atom. The molecule has 0 spiro atoms. The van der Waals surface area contributed by atoms with Gasteiger partial charge in [-0.25, -0.2) is 9.37 Å². The third-order valence-corrected chi connectivity index (χ3v) is 3.46. The lowest BCUT2D eigenvalue weighted by Crippen LogP contribution is -1.83. The van der Waals surface area contributed by atoms with Gasteiger partial charge in [0.05, 0.1) is 10.5 Å². The zero-order chi connectivity index (χ0) is 14.7. The van der Waals surface area contributed by atoms with Crippen LogP contribution in [0.25, 0.3) is 10.9 Å². The first-order chi connectivity index (χ1) is 10.2. The number of halogens is 2. The lowest BCUT2D eigenvalue weighted by Gasteiger charge is -1.94. The first kappa shape index (κ1) is 13.7. The highest BCUT2D eigenvalue weighted by molar-refractivity contribution is 6.35. The summed E-state index contributed by atoms with van der Waals surface area (Å²) in [6.07, 6.45) is 3.10. The van der Waals surface area contributed by atoms with E-state index in [0.717, 1.165) is 11.4 Å². The molecule has 2 aromatic heterocycles. The summed E-state index contributed by atoms with van der Waals surface area (Å²) in [5.41, 5.74) is 2.32. The second-order valence-corrected chi connectivity index (χ2v) is 5.04. The highest BCUT2D eigenvalue weighted by atomic mass is 35.5. The van der Waals surface area contributed by atoms with E-state index in [0.29, 0.717) is 28.8 Å². The van der Waals surface area contributed by atoms with E-state index >= 15 is 0 Å². The molecule has 4 heteroatoms. The van der Waals surface area contributed by atoms with Crippen molar-refractivity contribution in [2.75, 3.05) is 0 Å². The standard InChI is InChI=1S/C17H12ClFN2/c18-15-8-9-16(19)14-11-13(21-17(14)15)7-2-1-5-12-6-3-4-10-20-12/h3-4,6,8-11,21H,2,7H2. The minimum Gasteiger partial charge on any atom is -0.357 e. The van der Waals surface area contributed by atoms with E-state index in [9.17, 15) is 4.39 Å². The predicted octanol–water partition coefficient (Wildman–Crippen LogP) is 4.34. The van der Waals surface area contributed by atoms with Crippen LogP contribution in [0.3, 0.4) is 0 Å². The molecule has 2 heterocycles. The molecule has 1 aromatic carbocycles. The van der Waals surface area contributed by atoms with Gasteiger partial charge in [0.15, 0.2) is 0 Å². The molecule has 0 saturated heterocycles. The number of H-pyrrole nitrogens is 1. The summed E-state index contributed by atoms with van der Waals surface area (Å²) in [6, 6.07) is 10.3. The molecule has 0 aliphatic rings. The van der Waals surface area contributed by atoms with Crippen LogP contribution >= 0.6 is 11.6 Å². The lowest BCUT2D eigenvalue weighted by molar-refractivity contribution is 0.640. The van der Waals surface area contributed by atoms with Crippen molar-refractivity contribution in [3.8, 4) is 11.8 Å². The zero-order valence-corrected chi connectivity index (χ0v) is 11.9. The second kappa shape index (κ2) is 5.99. The minimum absolute atomic E-state index is 0.267. The summed E-state index contributed by atoms with van der Waals surface area (Å²) in [7, 11) is 0. The highest BCUT2D eigenvalue weighted by Crippen LogP contribution is 2.26. The van der Waals surface area contributed by atoms with Gasteiger partial charge in [-0.05, 0) is 42.7 Å². The third kappa shape index (κ3) is 3.07. The molecule has 0 radical (unpaired) electrons. The van der Waals surface area contributed by atoms with Crippen LogP contribution in [0.1, 0.15) is 17.8 Å². The smallest absolute Gasteiger partial charge is 0.132 e. The highest BCUT2D eigenvalue weighted by Gasteiger charge is 2.08. The predicted molar refractivity (Wildman–Crippen MR) is 82.7 cm³/mol. The normalized spacial score (nSPS) is 10.4. The first-order valence-corrected chi connectivity index (χ1v) is 6.97. The second-order valence-electron chi connectivity index (χ2n) is 4.63. The van der Waals surface area contributed by atoms with E-state index < -0.39 is 0 Å². The molecule has 1 N–H and O–H groups in total. The van der Waals surface area contributed by atoms with E-state index in [1.807, 2.05) is 18.2 Å².